The summed E-state index contributed by atoms with van der Waals surface area (Å²) >= 11 is 0. The highest BCUT2D eigenvalue weighted by atomic mass is 16.4. The summed E-state index contributed by atoms with van der Waals surface area (Å²) in [6.45, 7) is 0.0000850. The van der Waals surface area contributed by atoms with Gasteiger partial charge in [0.15, 0.2) is 0 Å². The molecule has 1 atom stereocenters. The Hall–Kier alpha value is -1.63. The number of aliphatic carboxylic acids is 2. The number of amides is 1. The number of carbonyl (C=O) groups excluding carboxylic acids is 1. The molecule has 7 heteroatoms. The van der Waals surface area contributed by atoms with Crippen LogP contribution in [0.2, 0.25) is 0 Å². The predicted molar refractivity (Wildman–Crippen MR) is 45.5 cm³/mol. The predicted octanol–water partition coefficient (Wildman–Crippen LogP) is -1.40. The fourth-order valence-electron chi connectivity index (χ4n) is 0.804. The molecular formula is C7H12N2O5. The average Bonchev–Trinajstić information content (AvgIpc) is 2.10. The summed E-state index contributed by atoms with van der Waals surface area (Å²) in [6.07, 6.45) is 0.166. The molecule has 0 saturated heterocycles. The van der Waals surface area contributed by atoms with Gasteiger partial charge in [-0.25, -0.2) is 0 Å². The fourth-order valence-corrected chi connectivity index (χ4v) is 0.804. The van der Waals surface area contributed by atoms with Gasteiger partial charge in [-0.05, 0) is 6.42 Å². The molecule has 1 unspecified atom stereocenters. The Bertz CT molecular complexity index is 218. The van der Waals surface area contributed by atoms with Crippen LogP contribution in [0.3, 0.4) is 0 Å². The first-order valence-electron chi connectivity index (χ1n) is 3.93. The molecule has 0 spiro atoms. The number of carbonyl (C=O) groups is 3. The van der Waals surface area contributed by atoms with Crippen molar-refractivity contribution in [2.75, 3.05) is 6.67 Å². The van der Waals surface area contributed by atoms with Crippen LogP contribution in [0.1, 0.15) is 12.8 Å². The third-order valence-electron chi connectivity index (χ3n) is 1.48. The van der Waals surface area contributed by atoms with Crippen LogP contribution in [-0.2, 0) is 14.4 Å². The molecular weight excluding hydrogens is 192 g/mol. The van der Waals surface area contributed by atoms with Crippen molar-refractivity contribution in [3.8, 4) is 0 Å². The van der Waals surface area contributed by atoms with Gasteiger partial charge < -0.3 is 15.5 Å². The molecule has 0 radical (unpaired) electrons. The van der Waals surface area contributed by atoms with Crippen LogP contribution >= 0.6 is 0 Å². The zero-order valence-electron chi connectivity index (χ0n) is 7.40. The van der Waals surface area contributed by atoms with Crippen molar-refractivity contribution >= 4 is 18.3 Å². The molecule has 0 fully saturated rings. The Kier molecular flexibility index (Phi) is 6.04. The Morgan fingerprint density at radius 1 is 1.36 bits per heavy atom. The monoisotopic (exact) mass is 204 g/mol. The lowest BCUT2D eigenvalue weighted by molar-refractivity contribution is -0.140. The third-order valence-corrected chi connectivity index (χ3v) is 1.48. The zero-order valence-corrected chi connectivity index (χ0v) is 7.40. The second kappa shape index (κ2) is 6.84. The van der Waals surface area contributed by atoms with Crippen LogP contribution in [0.5, 0.6) is 0 Å². The van der Waals surface area contributed by atoms with Gasteiger partial charge in [0.2, 0.25) is 6.41 Å². The summed E-state index contributed by atoms with van der Waals surface area (Å²) in [5, 5.41) is 21.6. The van der Waals surface area contributed by atoms with Gasteiger partial charge in [-0.1, -0.05) is 0 Å². The van der Waals surface area contributed by atoms with Gasteiger partial charge >= 0.3 is 11.9 Å². The highest BCUT2D eigenvalue weighted by Crippen LogP contribution is 1.96. The maximum atomic E-state index is 10.5. The quantitative estimate of drug-likeness (QED) is 0.219. The van der Waals surface area contributed by atoms with Gasteiger partial charge in [-0.15, -0.1) is 0 Å². The van der Waals surface area contributed by atoms with Crippen molar-refractivity contribution in [2.24, 2.45) is 0 Å². The first kappa shape index (κ1) is 12.4. The van der Waals surface area contributed by atoms with E-state index in [0.717, 1.165) is 0 Å². The van der Waals surface area contributed by atoms with Gasteiger partial charge in [0.1, 0.15) is 6.04 Å². The second-order valence-corrected chi connectivity index (χ2v) is 2.53. The van der Waals surface area contributed by atoms with E-state index in [1.165, 1.54) is 0 Å². The minimum Gasteiger partial charge on any atom is -0.481 e. The number of rotatable bonds is 8. The summed E-state index contributed by atoms with van der Waals surface area (Å²) in [4.78, 5) is 30.5. The lowest BCUT2D eigenvalue weighted by atomic mass is 10.1. The van der Waals surface area contributed by atoms with Gasteiger partial charge in [0.05, 0.1) is 6.67 Å². The standard InChI is InChI=1S/C7H12N2O5/c10-4-8-3-9-5(7(13)14)1-2-6(11)12/h4-5,9H,1-3H2,(H,8,10)(H,11,12)(H,13,14). The molecule has 0 bridgehead atoms. The Morgan fingerprint density at radius 3 is 2.43 bits per heavy atom. The number of nitrogens with one attached hydrogen (secondary N) is 2. The SMILES string of the molecule is O=CNCNC(CCC(=O)O)C(=O)O. The molecule has 0 aliphatic carbocycles. The van der Waals surface area contributed by atoms with Crippen molar-refractivity contribution in [1.82, 2.24) is 10.6 Å². The molecule has 0 aliphatic heterocycles. The maximum Gasteiger partial charge on any atom is 0.320 e. The van der Waals surface area contributed by atoms with Crippen LogP contribution < -0.4 is 10.6 Å². The second-order valence-electron chi connectivity index (χ2n) is 2.53. The van der Waals surface area contributed by atoms with E-state index in [-0.39, 0.29) is 19.5 Å². The van der Waals surface area contributed by atoms with Crippen LogP contribution in [-0.4, -0.2) is 41.3 Å². The number of carboxylic acid groups (broad SMARTS) is 2. The molecule has 0 heterocycles. The molecule has 80 valence electrons. The fraction of sp³-hybridized carbons (Fsp3) is 0.571. The van der Waals surface area contributed by atoms with Gasteiger partial charge in [0.25, 0.3) is 0 Å². The van der Waals surface area contributed by atoms with E-state index in [1.807, 2.05) is 0 Å². The van der Waals surface area contributed by atoms with Gasteiger partial charge in [-0.3, -0.25) is 19.7 Å². The van der Waals surface area contributed by atoms with E-state index in [1.54, 1.807) is 0 Å². The minimum atomic E-state index is -1.14. The van der Waals surface area contributed by atoms with E-state index in [0.29, 0.717) is 6.41 Å². The number of hydrogen-bond acceptors (Lipinski definition) is 4. The van der Waals surface area contributed by atoms with E-state index in [9.17, 15) is 14.4 Å². The molecule has 7 nitrogen and oxygen atoms in total. The highest BCUT2D eigenvalue weighted by Gasteiger charge is 2.17. The summed E-state index contributed by atoms with van der Waals surface area (Å²) < 4.78 is 0. The summed E-state index contributed by atoms with van der Waals surface area (Å²) in [5.74, 6) is -2.19. The normalized spacial score (nSPS) is 11.7. The minimum absolute atomic E-state index is 0.0000850. The molecule has 0 aromatic carbocycles. The highest BCUT2D eigenvalue weighted by molar-refractivity contribution is 5.75. The molecule has 4 N–H and O–H groups in total. The molecule has 1 amide bonds. The van der Waals surface area contributed by atoms with E-state index < -0.39 is 18.0 Å². The molecule has 0 aromatic heterocycles. The van der Waals surface area contributed by atoms with E-state index in [2.05, 4.69) is 10.6 Å². The van der Waals surface area contributed by atoms with E-state index >= 15 is 0 Å². The van der Waals surface area contributed by atoms with Crippen molar-refractivity contribution in [3.63, 3.8) is 0 Å². The molecule has 0 aromatic rings. The Balaban J connectivity index is 3.83. The smallest absolute Gasteiger partial charge is 0.320 e. The first-order valence-corrected chi connectivity index (χ1v) is 3.93. The number of carboxylic acids is 2. The van der Waals surface area contributed by atoms with Crippen LogP contribution in [0, 0.1) is 0 Å². The van der Waals surface area contributed by atoms with Crippen molar-refractivity contribution < 1.29 is 24.6 Å². The topological polar surface area (TPSA) is 116 Å². The van der Waals surface area contributed by atoms with Crippen molar-refractivity contribution in [1.29, 1.82) is 0 Å². The molecule has 14 heavy (non-hydrogen) atoms. The Morgan fingerprint density at radius 2 is 2.00 bits per heavy atom. The molecule has 0 rings (SSSR count). The van der Waals surface area contributed by atoms with Crippen LogP contribution in [0.4, 0.5) is 0 Å². The van der Waals surface area contributed by atoms with Crippen molar-refractivity contribution in [2.45, 2.75) is 18.9 Å². The molecule has 0 aliphatic rings. The summed E-state index contributed by atoms with van der Waals surface area (Å²) in [7, 11) is 0. The Labute approximate surface area is 80.1 Å². The zero-order chi connectivity index (χ0) is 11.0. The average molecular weight is 204 g/mol. The number of hydrogen-bond donors (Lipinski definition) is 4. The maximum absolute atomic E-state index is 10.5. The summed E-state index contributed by atoms with van der Waals surface area (Å²) in [6, 6.07) is -0.960. The van der Waals surface area contributed by atoms with Crippen LogP contribution in [0.15, 0.2) is 0 Å². The third kappa shape index (κ3) is 5.95. The van der Waals surface area contributed by atoms with Gasteiger partial charge in [0, 0.05) is 6.42 Å². The largest absolute Gasteiger partial charge is 0.481 e. The summed E-state index contributed by atoms with van der Waals surface area (Å²) in [5.41, 5.74) is 0. The van der Waals surface area contributed by atoms with Crippen LogP contribution in [0.25, 0.3) is 0 Å². The molecule has 0 saturated carbocycles. The van der Waals surface area contributed by atoms with Crippen molar-refractivity contribution in [3.05, 3.63) is 0 Å². The lowest BCUT2D eigenvalue weighted by Crippen LogP contribution is -2.41. The first-order chi connectivity index (χ1) is 6.57. The lowest BCUT2D eigenvalue weighted by Gasteiger charge is -2.12. The van der Waals surface area contributed by atoms with Gasteiger partial charge in [-0.2, -0.15) is 0 Å². The van der Waals surface area contributed by atoms with E-state index in [4.69, 9.17) is 10.2 Å².